The molecule has 21 nitrogen and oxygen atoms in total. The molecule has 0 aliphatic rings. The summed E-state index contributed by atoms with van der Waals surface area (Å²) < 4.78 is 43.1. The second-order valence-corrected chi connectivity index (χ2v) is 17.2. The molecule has 358 valence electrons. The molecular weight excluding hydrogens is 884 g/mol. The molecule has 0 atom stereocenters. The molecule has 0 saturated carbocycles. The number of unbranched alkanes of at least 4 members (excludes halogenated alkanes) is 2. The standard InChI is InChI=1S/C45H59N12O9P/c1-7-11-21-64-67(62,65-22-12-8-2)66-23-15-20-63-38-28-32(41(47)59)27-34-39(38)55(45(49-34)51-43(61)37-25-30(6)53-57(37)10-4)19-14-13-18-54-35-17-16-31(40(46)58)26-33(35)48-44(54)50-42(60)36-24-29(5)52-56(36)9-3/h13-14,16-17,24-28H,7-12,15,18-23H2,1-6H3,(H2,46,58)(H2,47,59)(H,48,50,60)(H,49,51,61)/b14-13+. The van der Waals surface area contributed by atoms with E-state index in [1.165, 1.54) is 12.1 Å². The van der Waals surface area contributed by atoms with E-state index in [4.69, 9.17) is 34.8 Å². The number of imidazole rings is 2. The molecule has 6 rings (SSSR count). The molecule has 2 aromatic carbocycles. The van der Waals surface area contributed by atoms with Crippen molar-refractivity contribution in [3.63, 3.8) is 0 Å². The van der Waals surface area contributed by atoms with Crippen molar-refractivity contribution in [2.24, 2.45) is 11.5 Å². The van der Waals surface area contributed by atoms with Crippen molar-refractivity contribution in [3.8, 4) is 5.75 Å². The number of aryl methyl sites for hydroxylation is 4. The highest BCUT2D eigenvalue weighted by Gasteiger charge is 2.27. The molecule has 4 amide bonds. The lowest BCUT2D eigenvalue weighted by Gasteiger charge is -2.18. The highest BCUT2D eigenvalue weighted by Crippen LogP contribution is 2.50. The summed E-state index contributed by atoms with van der Waals surface area (Å²) in [5.74, 6) is -1.65. The van der Waals surface area contributed by atoms with Crippen LogP contribution in [-0.4, -0.2) is 88.7 Å². The zero-order valence-electron chi connectivity index (χ0n) is 38.7. The zero-order valence-corrected chi connectivity index (χ0v) is 39.6. The van der Waals surface area contributed by atoms with Gasteiger partial charge in [0.05, 0.1) is 54.4 Å². The second-order valence-electron chi connectivity index (χ2n) is 15.6. The topological polar surface area (TPSA) is 270 Å². The van der Waals surface area contributed by atoms with Crippen molar-refractivity contribution < 1.29 is 42.1 Å². The molecule has 0 aliphatic carbocycles. The van der Waals surface area contributed by atoms with E-state index in [9.17, 15) is 23.7 Å². The number of rotatable bonds is 26. The third kappa shape index (κ3) is 12.2. The van der Waals surface area contributed by atoms with Gasteiger partial charge in [0.1, 0.15) is 22.7 Å². The monoisotopic (exact) mass is 942 g/mol. The number of anilines is 2. The number of nitrogens with zero attached hydrogens (tertiary/aromatic N) is 8. The number of nitrogens with one attached hydrogen (secondary N) is 2. The summed E-state index contributed by atoms with van der Waals surface area (Å²) in [6.45, 7) is 13.1. The SMILES string of the molecule is CCCCOP(=O)(OCCCC)OCCCOc1cc(C(N)=O)cc2nc(NC(=O)c3cc(C)nn3CC)n(C/C=C/Cn3c(NC(=O)c4cc(C)nn4CC)nc4cc(C(N)=O)ccc43)c12. The fourth-order valence-electron chi connectivity index (χ4n) is 7.12. The number of hydrogen-bond acceptors (Lipinski definition) is 13. The number of ether oxygens (including phenoxy) is 1. The Morgan fingerprint density at radius 3 is 1.70 bits per heavy atom. The van der Waals surface area contributed by atoms with Gasteiger partial charge in [0.2, 0.25) is 23.7 Å². The largest absolute Gasteiger partial charge is 0.491 e. The number of fused-ring (bicyclic) bond motifs is 2. The smallest absolute Gasteiger partial charge is 0.474 e. The molecule has 4 aromatic heterocycles. The lowest BCUT2D eigenvalue weighted by atomic mass is 10.1. The van der Waals surface area contributed by atoms with Crippen LogP contribution < -0.4 is 26.8 Å². The van der Waals surface area contributed by atoms with Gasteiger partial charge in [-0.25, -0.2) is 14.5 Å². The van der Waals surface area contributed by atoms with Crippen molar-refractivity contribution in [2.45, 2.75) is 99.8 Å². The number of hydrogen-bond donors (Lipinski definition) is 4. The molecule has 0 saturated heterocycles. The van der Waals surface area contributed by atoms with Gasteiger partial charge in [-0.05, 0) is 83.0 Å². The molecule has 0 fully saturated rings. The van der Waals surface area contributed by atoms with E-state index in [-0.39, 0.29) is 74.7 Å². The average molecular weight is 943 g/mol. The molecule has 0 aliphatic heterocycles. The molecular formula is C45H59N12O9P. The Morgan fingerprint density at radius 2 is 1.16 bits per heavy atom. The quantitative estimate of drug-likeness (QED) is 0.0245. The number of carbonyl (C=O) groups excluding carboxylic acids is 4. The van der Waals surface area contributed by atoms with Gasteiger partial charge in [0, 0.05) is 43.7 Å². The van der Waals surface area contributed by atoms with E-state index < -0.39 is 31.5 Å². The minimum absolute atomic E-state index is 0.0148. The van der Waals surface area contributed by atoms with Crippen molar-refractivity contribution in [3.05, 3.63) is 88.5 Å². The minimum atomic E-state index is -3.81. The average Bonchev–Trinajstić information content (AvgIpc) is 4.06. The first-order valence-corrected chi connectivity index (χ1v) is 23.8. The summed E-state index contributed by atoms with van der Waals surface area (Å²) in [5.41, 5.74) is 15.5. The Hall–Kier alpha value is -6.67. The van der Waals surface area contributed by atoms with Crippen LogP contribution in [0.4, 0.5) is 11.9 Å². The molecule has 4 heterocycles. The molecule has 0 bridgehead atoms. The fourth-order valence-corrected chi connectivity index (χ4v) is 8.40. The summed E-state index contributed by atoms with van der Waals surface area (Å²) in [5, 5.41) is 14.6. The van der Waals surface area contributed by atoms with Gasteiger partial charge in [-0.1, -0.05) is 38.8 Å². The van der Waals surface area contributed by atoms with E-state index in [2.05, 4.69) is 25.8 Å². The number of benzene rings is 2. The van der Waals surface area contributed by atoms with Gasteiger partial charge < -0.3 is 25.3 Å². The number of nitrogens with two attached hydrogens (primary N) is 2. The van der Waals surface area contributed by atoms with Gasteiger partial charge >= 0.3 is 7.82 Å². The highest BCUT2D eigenvalue weighted by atomic mass is 31.2. The normalized spacial score (nSPS) is 11.9. The van der Waals surface area contributed by atoms with Gasteiger partial charge in [0.15, 0.2) is 0 Å². The molecule has 6 aromatic rings. The van der Waals surface area contributed by atoms with Crippen LogP contribution in [0, 0.1) is 13.8 Å². The lowest BCUT2D eigenvalue weighted by Crippen LogP contribution is -2.20. The van der Waals surface area contributed by atoms with Crippen molar-refractivity contribution in [1.82, 2.24) is 38.7 Å². The Kier molecular flexibility index (Phi) is 16.8. The summed E-state index contributed by atoms with van der Waals surface area (Å²) in [7, 11) is -3.81. The third-order valence-electron chi connectivity index (χ3n) is 10.5. The van der Waals surface area contributed by atoms with Crippen LogP contribution in [-0.2, 0) is 44.3 Å². The van der Waals surface area contributed by atoms with Crippen LogP contribution in [0.15, 0.2) is 54.6 Å². The van der Waals surface area contributed by atoms with Gasteiger partial charge in [-0.3, -0.25) is 52.7 Å². The predicted molar refractivity (Wildman–Crippen MR) is 252 cm³/mol. The molecule has 6 N–H and O–H groups in total. The Morgan fingerprint density at radius 1 is 0.657 bits per heavy atom. The zero-order chi connectivity index (χ0) is 48.3. The van der Waals surface area contributed by atoms with Gasteiger partial charge in [-0.15, -0.1) is 0 Å². The van der Waals surface area contributed by atoms with Crippen LogP contribution in [0.5, 0.6) is 5.75 Å². The van der Waals surface area contributed by atoms with Crippen LogP contribution in [0.2, 0.25) is 0 Å². The maximum absolute atomic E-state index is 13.8. The van der Waals surface area contributed by atoms with E-state index in [1.54, 1.807) is 62.7 Å². The van der Waals surface area contributed by atoms with Crippen molar-refractivity contribution in [1.29, 1.82) is 0 Å². The third-order valence-corrected chi connectivity index (χ3v) is 12.0. The maximum atomic E-state index is 13.8. The molecule has 22 heteroatoms. The van der Waals surface area contributed by atoms with E-state index >= 15 is 0 Å². The maximum Gasteiger partial charge on any atom is 0.474 e. The number of phosphoric ester groups is 1. The molecule has 67 heavy (non-hydrogen) atoms. The molecule has 0 unspecified atom stereocenters. The van der Waals surface area contributed by atoms with E-state index in [0.717, 1.165) is 12.8 Å². The first-order valence-electron chi connectivity index (χ1n) is 22.4. The fraction of sp³-hybridized carbons (Fsp3) is 0.422. The summed E-state index contributed by atoms with van der Waals surface area (Å²) in [6, 6.07) is 11.2. The summed E-state index contributed by atoms with van der Waals surface area (Å²) >= 11 is 0. The van der Waals surface area contributed by atoms with Crippen molar-refractivity contribution in [2.75, 3.05) is 37.1 Å². The summed E-state index contributed by atoms with van der Waals surface area (Å²) in [6.07, 6.45) is 7.01. The predicted octanol–water partition coefficient (Wildman–Crippen LogP) is 6.92. The molecule has 0 spiro atoms. The lowest BCUT2D eigenvalue weighted by molar-refractivity contribution is 0.0991. The second kappa shape index (κ2) is 22.7. The van der Waals surface area contributed by atoms with E-state index in [0.29, 0.717) is 70.8 Å². The van der Waals surface area contributed by atoms with Crippen molar-refractivity contribution >= 4 is 65.4 Å². The van der Waals surface area contributed by atoms with E-state index in [1.807, 2.05) is 39.8 Å². The number of phosphoric acid groups is 1. The van der Waals surface area contributed by atoms with Crippen LogP contribution >= 0.6 is 7.82 Å². The number of amides is 4. The Bertz CT molecular complexity index is 2810. The first-order chi connectivity index (χ1) is 32.2. The number of carbonyl (C=O) groups is 4. The van der Waals surface area contributed by atoms with Gasteiger partial charge in [-0.2, -0.15) is 10.2 Å². The first kappa shape index (κ1) is 49.8. The summed E-state index contributed by atoms with van der Waals surface area (Å²) in [4.78, 5) is 61.6. The minimum Gasteiger partial charge on any atom is -0.491 e. The van der Waals surface area contributed by atoms with Crippen LogP contribution in [0.3, 0.4) is 0 Å². The van der Waals surface area contributed by atoms with Gasteiger partial charge in [0.25, 0.3) is 11.8 Å². The van der Waals surface area contributed by atoms with Crippen LogP contribution in [0.25, 0.3) is 22.1 Å². The highest BCUT2D eigenvalue weighted by molar-refractivity contribution is 7.48. The number of aromatic nitrogens is 8. The number of primary amides is 2. The Labute approximate surface area is 387 Å². The number of allylic oxidation sites excluding steroid dienone is 2. The Balaban J connectivity index is 1.32. The molecule has 0 radical (unpaired) electrons. The van der Waals surface area contributed by atoms with Crippen LogP contribution in [0.1, 0.15) is 113 Å².